The summed E-state index contributed by atoms with van der Waals surface area (Å²) in [7, 11) is -0.845. The van der Waals surface area contributed by atoms with Gasteiger partial charge in [0.25, 0.3) is 0 Å². The van der Waals surface area contributed by atoms with E-state index in [1.54, 1.807) is 21.0 Å². The maximum atomic E-state index is 11.1. The molecule has 1 N–H and O–H groups in total. The normalized spacial score (nSPS) is 13.8. The number of aliphatic hydroxyl groups excluding tert-OH is 1. The summed E-state index contributed by atoms with van der Waals surface area (Å²) in [6.45, 7) is 5.94. The lowest BCUT2D eigenvalue weighted by molar-refractivity contribution is -0.893. The van der Waals surface area contributed by atoms with Crippen molar-refractivity contribution in [2.75, 3.05) is 39.5 Å². The molecule has 0 aromatic carbocycles. The molecule has 0 fully saturated rings. The van der Waals surface area contributed by atoms with Crippen LogP contribution in [0.15, 0.2) is 12.2 Å². The van der Waals surface area contributed by atoms with Crippen LogP contribution in [0.5, 0.6) is 0 Å². The molecule has 0 aliphatic heterocycles. The number of quaternary nitrogens is 1. The molecule has 118 valence electrons. The van der Waals surface area contributed by atoms with Crippen LogP contribution in [0, 0.1) is 0 Å². The summed E-state index contributed by atoms with van der Waals surface area (Å²) in [6.07, 6.45) is -0.645. The molecule has 0 aliphatic rings. The van der Waals surface area contributed by atoms with E-state index in [0.717, 1.165) is 0 Å². The van der Waals surface area contributed by atoms with Crippen molar-refractivity contribution < 1.29 is 32.1 Å². The highest BCUT2D eigenvalue weighted by atomic mass is 32.2. The van der Waals surface area contributed by atoms with E-state index in [4.69, 9.17) is 4.74 Å². The van der Waals surface area contributed by atoms with Crippen LogP contribution in [-0.2, 0) is 19.6 Å². The quantitative estimate of drug-likeness (QED) is 0.202. The van der Waals surface area contributed by atoms with Crippen LogP contribution in [0.25, 0.3) is 0 Å². The highest BCUT2D eigenvalue weighted by Crippen LogP contribution is 2.04. The third-order valence-corrected chi connectivity index (χ3v) is 3.38. The molecule has 0 aromatic heterocycles. The van der Waals surface area contributed by atoms with Gasteiger partial charge in [0, 0.05) is 12.0 Å². The first-order valence-electron chi connectivity index (χ1n) is 6.19. The maximum absolute atomic E-state index is 11.1. The molecule has 0 spiro atoms. The van der Waals surface area contributed by atoms with Crippen molar-refractivity contribution >= 4 is 16.1 Å². The Hall–Kier alpha value is -0.960. The van der Waals surface area contributed by atoms with Gasteiger partial charge in [-0.1, -0.05) is 6.58 Å². The second-order valence-corrected chi connectivity index (χ2v) is 6.94. The first kappa shape index (κ1) is 19.0. The predicted octanol–water partition coefficient (Wildman–Crippen LogP) is -0.522. The summed E-state index contributed by atoms with van der Waals surface area (Å²) < 4.78 is 36.9. The summed E-state index contributed by atoms with van der Waals surface area (Å²) >= 11 is 0. The fraction of sp³-hybridized carbons (Fsp3) is 0.750. The van der Waals surface area contributed by atoms with Crippen LogP contribution >= 0.6 is 0 Å². The van der Waals surface area contributed by atoms with Gasteiger partial charge in [0.2, 0.25) is 0 Å². The van der Waals surface area contributed by atoms with Crippen LogP contribution in [0.4, 0.5) is 0 Å². The Kier molecular flexibility index (Phi) is 7.35. The minimum Gasteiger partial charge on any atom is -0.748 e. The van der Waals surface area contributed by atoms with Crippen LogP contribution < -0.4 is 0 Å². The van der Waals surface area contributed by atoms with Crippen molar-refractivity contribution in [2.45, 2.75) is 19.4 Å². The lowest BCUT2D eigenvalue weighted by Gasteiger charge is -2.32. The average Bonchev–Trinajstić information content (AvgIpc) is 2.19. The Bertz CT molecular complexity index is 443. The first-order chi connectivity index (χ1) is 8.93. The molecule has 20 heavy (non-hydrogen) atoms. The number of hydrogen-bond acceptors (Lipinski definition) is 6. The van der Waals surface area contributed by atoms with Crippen molar-refractivity contribution in [1.29, 1.82) is 0 Å². The first-order valence-corrected chi connectivity index (χ1v) is 7.77. The Labute approximate surface area is 120 Å². The van der Waals surface area contributed by atoms with Crippen molar-refractivity contribution in [2.24, 2.45) is 0 Å². The van der Waals surface area contributed by atoms with Gasteiger partial charge in [-0.25, -0.2) is 13.2 Å². The van der Waals surface area contributed by atoms with Gasteiger partial charge in [-0.2, -0.15) is 0 Å². The molecule has 1 unspecified atom stereocenters. The number of hydrogen-bond donors (Lipinski definition) is 1. The van der Waals surface area contributed by atoms with Crippen LogP contribution in [0.1, 0.15) is 13.3 Å². The van der Waals surface area contributed by atoms with E-state index in [9.17, 15) is 22.9 Å². The third kappa shape index (κ3) is 9.90. The lowest BCUT2D eigenvalue weighted by Crippen LogP contribution is -2.47. The Morgan fingerprint density at radius 2 is 2.00 bits per heavy atom. The van der Waals surface area contributed by atoms with Crippen molar-refractivity contribution in [3.05, 3.63) is 12.2 Å². The highest BCUT2D eigenvalue weighted by Gasteiger charge is 2.22. The topological polar surface area (TPSA) is 104 Å². The molecule has 0 rings (SSSR count). The Morgan fingerprint density at radius 3 is 2.45 bits per heavy atom. The molecular weight excluding hydrogens is 286 g/mol. The maximum Gasteiger partial charge on any atom is 0.333 e. The van der Waals surface area contributed by atoms with Gasteiger partial charge in [-0.15, -0.1) is 0 Å². The second kappa shape index (κ2) is 7.72. The van der Waals surface area contributed by atoms with Crippen LogP contribution in [-0.4, -0.2) is 74.2 Å². The summed E-state index contributed by atoms with van der Waals surface area (Å²) in [5.41, 5.74) is 0.329. The molecule has 8 heteroatoms. The zero-order valence-electron chi connectivity index (χ0n) is 12.2. The predicted molar refractivity (Wildman–Crippen MR) is 72.8 cm³/mol. The van der Waals surface area contributed by atoms with Crippen molar-refractivity contribution in [3.8, 4) is 0 Å². The summed E-state index contributed by atoms with van der Waals surface area (Å²) in [5, 5.41) is 9.55. The molecule has 0 amide bonds. The smallest absolute Gasteiger partial charge is 0.333 e. The molecule has 0 bridgehead atoms. The van der Waals surface area contributed by atoms with E-state index in [1.165, 1.54) is 0 Å². The van der Waals surface area contributed by atoms with E-state index >= 15 is 0 Å². The van der Waals surface area contributed by atoms with Gasteiger partial charge >= 0.3 is 5.97 Å². The molecule has 0 heterocycles. The largest absolute Gasteiger partial charge is 0.748 e. The van der Waals surface area contributed by atoms with E-state index in [0.29, 0.717) is 23.0 Å². The molecule has 0 radical (unpaired) electrons. The van der Waals surface area contributed by atoms with Gasteiger partial charge in [0.15, 0.2) is 0 Å². The third-order valence-electron chi connectivity index (χ3n) is 2.59. The van der Waals surface area contributed by atoms with Gasteiger partial charge in [0.1, 0.15) is 12.6 Å². The van der Waals surface area contributed by atoms with Crippen LogP contribution in [0.3, 0.4) is 0 Å². The van der Waals surface area contributed by atoms with Gasteiger partial charge in [-0.3, -0.25) is 0 Å². The highest BCUT2D eigenvalue weighted by molar-refractivity contribution is 7.85. The number of nitrogens with zero attached hydrogens (tertiary/aromatic N) is 1. The summed E-state index contributed by atoms with van der Waals surface area (Å²) in [5.74, 6) is -1.24. The number of carbonyl (C=O) groups is 1. The fourth-order valence-electron chi connectivity index (χ4n) is 1.73. The van der Waals surface area contributed by atoms with Gasteiger partial charge in [-0.05, 0) is 6.92 Å². The minimum absolute atomic E-state index is 0.135. The van der Waals surface area contributed by atoms with E-state index < -0.39 is 27.9 Å². The number of aliphatic hydroxyl groups is 1. The monoisotopic (exact) mass is 309 g/mol. The number of esters is 1. The number of likely N-dealkylation sites (N-methyl/N-ethyl adjacent to an activating group) is 1. The molecule has 0 saturated heterocycles. The molecule has 0 aliphatic carbocycles. The van der Waals surface area contributed by atoms with Gasteiger partial charge in [0.05, 0.1) is 43.1 Å². The number of carbonyl (C=O) groups excluding carboxylic acids is 1. The van der Waals surface area contributed by atoms with E-state index in [2.05, 4.69) is 6.58 Å². The lowest BCUT2D eigenvalue weighted by atomic mass is 10.3. The SMILES string of the molecule is C=C(C)C(=O)OCCC[N+](C)(C)CC(O)CS(=O)(=O)[O-]. The number of rotatable bonds is 9. The van der Waals surface area contributed by atoms with Crippen molar-refractivity contribution in [3.63, 3.8) is 0 Å². The average molecular weight is 309 g/mol. The zero-order chi connectivity index (χ0) is 16.0. The Balaban J connectivity index is 4.07. The minimum atomic E-state index is -4.43. The van der Waals surface area contributed by atoms with Crippen LogP contribution in [0.2, 0.25) is 0 Å². The van der Waals surface area contributed by atoms with Gasteiger partial charge < -0.3 is 18.9 Å². The Morgan fingerprint density at radius 1 is 1.45 bits per heavy atom. The van der Waals surface area contributed by atoms with E-state index in [1.807, 2.05) is 0 Å². The second-order valence-electron chi connectivity index (χ2n) is 5.49. The standard InChI is InChI=1S/C12H23NO6S/c1-10(2)12(15)19-7-5-6-13(3,4)8-11(14)9-20(16,17)18/h11,14H,1,5-9H2,2-4H3. The molecular formula is C12H23NO6S. The molecule has 7 nitrogen and oxygen atoms in total. The molecule has 0 saturated carbocycles. The fourth-order valence-corrected chi connectivity index (χ4v) is 2.31. The van der Waals surface area contributed by atoms with E-state index in [-0.39, 0.29) is 13.2 Å². The van der Waals surface area contributed by atoms with Crippen molar-refractivity contribution in [1.82, 2.24) is 0 Å². The summed E-state index contributed by atoms with van der Waals surface area (Å²) in [6, 6.07) is 0. The zero-order valence-corrected chi connectivity index (χ0v) is 13.0. The molecule has 0 aromatic rings. The molecule has 1 atom stereocenters. The number of ether oxygens (including phenoxy) is 1. The summed E-state index contributed by atoms with van der Waals surface area (Å²) in [4.78, 5) is 11.1.